The van der Waals surface area contributed by atoms with Crippen LogP contribution in [0.2, 0.25) is 5.02 Å². The second-order valence-corrected chi connectivity index (χ2v) is 12.9. The van der Waals surface area contributed by atoms with Gasteiger partial charge in [0, 0.05) is 44.4 Å². The maximum Gasteiger partial charge on any atom is 0.243 e. The molecule has 1 aliphatic heterocycles. The maximum absolute atomic E-state index is 13.5. The lowest BCUT2D eigenvalue weighted by Crippen LogP contribution is -2.39. The first-order valence-corrected chi connectivity index (χ1v) is 14.8. The van der Waals surface area contributed by atoms with Crippen LogP contribution in [0.1, 0.15) is 38.7 Å². The third-order valence-electron chi connectivity index (χ3n) is 5.89. The van der Waals surface area contributed by atoms with Crippen LogP contribution >= 0.6 is 11.6 Å². The van der Waals surface area contributed by atoms with Crippen LogP contribution in [0.15, 0.2) is 58.3 Å². The lowest BCUT2D eigenvalue weighted by molar-refractivity contribution is 0.140. The highest BCUT2D eigenvalue weighted by Gasteiger charge is 2.30. The summed E-state index contributed by atoms with van der Waals surface area (Å²) in [6.45, 7) is 6.37. The van der Waals surface area contributed by atoms with Crippen LogP contribution in [-0.2, 0) is 31.3 Å². The molecule has 1 saturated heterocycles. The van der Waals surface area contributed by atoms with E-state index in [4.69, 9.17) is 16.3 Å². The molecule has 0 aromatic heterocycles. The summed E-state index contributed by atoms with van der Waals surface area (Å²) >= 11 is 5.97. The molecule has 10 heteroatoms. The van der Waals surface area contributed by atoms with Gasteiger partial charge >= 0.3 is 0 Å². The van der Waals surface area contributed by atoms with Crippen LogP contribution in [0, 0.1) is 5.92 Å². The largest absolute Gasteiger partial charge is 0.382 e. The number of benzene rings is 2. The molecule has 0 N–H and O–H groups in total. The minimum absolute atomic E-state index is 0.0591. The molecule has 2 aromatic carbocycles. The lowest BCUT2D eigenvalue weighted by atomic mass is 10.0. The van der Waals surface area contributed by atoms with Gasteiger partial charge in [0.25, 0.3) is 0 Å². The van der Waals surface area contributed by atoms with Gasteiger partial charge < -0.3 is 4.74 Å². The molecule has 0 unspecified atom stereocenters. The Labute approximate surface area is 208 Å². The summed E-state index contributed by atoms with van der Waals surface area (Å²) in [5.74, 6) is 0.307. The topological polar surface area (TPSA) is 84.0 Å². The zero-order chi connectivity index (χ0) is 24.8. The van der Waals surface area contributed by atoms with E-state index in [1.807, 2.05) is 13.8 Å². The van der Waals surface area contributed by atoms with E-state index in [0.29, 0.717) is 43.7 Å². The minimum Gasteiger partial charge on any atom is -0.382 e. The van der Waals surface area contributed by atoms with Crippen LogP contribution < -0.4 is 0 Å². The van der Waals surface area contributed by atoms with E-state index in [2.05, 4.69) is 0 Å². The Bertz CT molecular complexity index is 1140. The van der Waals surface area contributed by atoms with E-state index < -0.39 is 20.0 Å². The molecule has 1 heterocycles. The number of nitrogens with zero attached hydrogens (tertiary/aromatic N) is 2. The van der Waals surface area contributed by atoms with Crippen molar-refractivity contribution in [3.63, 3.8) is 0 Å². The summed E-state index contributed by atoms with van der Waals surface area (Å²) in [6, 6.07) is 12.6. The second-order valence-electron chi connectivity index (χ2n) is 8.60. The molecule has 0 spiro atoms. The zero-order valence-electron chi connectivity index (χ0n) is 19.7. The van der Waals surface area contributed by atoms with Crippen molar-refractivity contribution in [3.8, 4) is 0 Å². The van der Waals surface area contributed by atoms with Crippen molar-refractivity contribution in [2.45, 2.75) is 49.4 Å². The number of hydrogen-bond acceptors (Lipinski definition) is 5. The highest BCUT2D eigenvalue weighted by molar-refractivity contribution is 7.89. The lowest BCUT2D eigenvalue weighted by Gasteiger charge is -2.30. The third kappa shape index (κ3) is 6.80. The van der Waals surface area contributed by atoms with Gasteiger partial charge in [-0.2, -0.15) is 8.61 Å². The van der Waals surface area contributed by atoms with E-state index in [9.17, 15) is 16.8 Å². The highest BCUT2D eigenvalue weighted by Crippen LogP contribution is 2.26. The van der Waals surface area contributed by atoms with Gasteiger partial charge in [0.05, 0.1) is 9.79 Å². The maximum atomic E-state index is 13.5. The van der Waals surface area contributed by atoms with Crippen LogP contribution in [0.5, 0.6) is 0 Å². The van der Waals surface area contributed by atoms with Crippen molar-refractivity contribution in [1.82, 2.24) is 8.61 Å². The number of piperidine rings is 1. The Morgan fingerprint density at radius 1 is 1.03 bits per heavy atom. The summed E-state index contributed by atoms with van der Waals surface area (Å²) in [5.41, 5.74) is 0.808. The first kappa shape index (κ1) is 27.1. The average Bonchev–Trinajstić information content (AvgIpc) is 2.82. The Morgan fingerprint density at radius 3 is 2.29 bits per heavy atom. The van der Waals surface area contributed by atoms with E-state index in [1.54, 1.807) is 24.3 Å². The number of halogens is 1. The molecule has 0 bridgehead atoms. The van der Waals surface area contributed by atoms with Gasteiger partial charge in [-0.3, -0.25) is 0 Å². The van der Waals surface area contributed by atoms with Gasteiger partial charge in [-0.15, -0.1) is 0 Å². The molecule has 188 valence electrons. The Morgan fingerprint density at radius 2 is 1.68 bits per heavy atom. The van der Waals surface area contributed by atoms with Crippen molar-refractivity contribution in [2.24, 2.45) is 5.92 Å². The predicted octanol–water partition coefficient (Wildman–Crippen LogP) is 4.38. The monoisotopic (exact) mass is 528 g/mol. The van der Waals surface area contributed by atoms with Gasteiger partial charge in [-0.25, -0.2) is 16.8 Å². The summed E-state index contributed by atoms with van der Waals surface area (Å²) in [7, 11) is -7.51. The quantitative estimate of drug-likeness (QED) is 0.404. The minimum atomic E-state index is -3.86. The molecule has 1 atom stereocenters. The van der Waals surface area contributed by atoms with Crippen molar-refractivity contribution >= 4 is 31.6 Å². The van der Waals surface area contributed by atoms with Gasteiger partial charge in [0.1, 0.15) is 0 Å². The normalized spacial score (nSPS) is 17.8. The fourth-order valence-electron chi connectivity index (χ4n) is 4.01. The molecule has 34 heavy (non-hydrogen) atoms. The highest BCUT2D eigenvalue weighted by atomic mass is 35.5. The smallest absolute Gasteiger partial charge is 0.243 e. The number of rotatable bonds is 11. The molecule has 0 saturated carbocycles. The second kappa shape index (κ2) is 12.0. The van der Waals surface area contributed by atoms with Crippen molar-refractivity contribution in [1.29, 1.82) is 0 Å². The van der Waals surface area contributed by atoms with Crippen LogP contribution in [-0.4, -0.2) is 58.3 Å². The molecule has 0 amide bonds. The number of ether oxygens (including phenoxy) is 1. The molecule has 0 radical (unpaired) electrons. The van der Waals surface area contributed by atoms with Gasteiger partial charge in [0.2, 0.25) is 20.0 Å². The van der Waals surface area contributed by atoms with Crippen LogP contribution in [0.3, 0.4) is 0 Å². The molecule has 0 aliphatic carbocycles. The molecule has 2 aromatic rings. The summed E-state index contributed by atoms with van der Waals surface area (Å²) in [6.07, 6.45) is 2.38. The summed E-state index contributed by atoms with van der Waals surface area (Å²) in [5, 5.41) is 0.578. The fourth-order valence-corrected chi connectivity index (χ4v) is 7.20. The van der Waals surface area contributed by atoms with Crippen molar-refractivity contribution in [2.75, 3.05) is 32.8 Å². The van der Waals surface area contributed by atoms with E-state index >= 15 is 0 Å². The first-order chi connectivity index (χ1) is 16.1. The zero-order valence-corrected chi connectivity index (χ0v) is 22.1. The predicted molar refractivity (Wildman–Crippen MR) is 134 cm³/mol. The van der Waals surface area contributed by atoms with Crippen LogP contribution in [0.4, 0.5) is 0 Å². The Hall–Kier alpha value is -1.49. The van der Waals surface area contributed by atoms with E-state index in [1.165, 1.54) is 32.9 Å². The van der Waals surface area contributed by atoms with Crippen LogP contribution in [0.25, 0.3) is 0 Å². The standard InChI is InChI=1S/C24H33ClN2O5S2/c1-3-32-17-5-16-27(19-21-7-9-22(25)10-8-21)34(30,31)24-13-11-23(12-14-24)33(28,29)26-15-4-6-20(2)18-26/h7-14,20H,3-6,15-19H2,1-2H3/t20-/m1/s1. The molecule has 1 aliphatic rings. The molecular weight excluding hydrogens is 496 g/mol. The SMILES string of the molecule is CCOCCCN(Cc1ccc(Cl)cc1)S(=O)(=O)c1ccc(S(=O)(=O)N2CCC[C@@H](C)C2)cc1. The molecule has 7 nitrogen and oxygen atoms in total. The first-order valence-electron chi connectivity index (χ1n) is 11.6. The molecule has 3 rings (SSSR count). The summed E-state index contributed by atoms with van der Waals surface area (Å²) in [4.78, 5) is 0.171. The van der Waals surface area contributed by atoms with Gasteiger partial charge in [0.15, 0.2) is 0 Å². The third-order valence-corrected chi connectivity index (χ3v) is 9.88. The number of hydrogen-bond donors (Lipinski definition) is 0. The van der Waals surface area contributed by atoms with Gasteiger partial charge in [-0.05, 0) is 74.1 Å². The average molecular weight is 529 g/mol. The van der Waals surface area contributed by atoms with Crippen molar-refractivity contribution in [3.05, 3.63) is 59.1 Å². The molecular formula is C24H33ClN2O5S2. The summed E-state index contributed by atoms with van der Waals surface area (Å²) < 4.78 is 61.3. The van der Waals surface area contributed by atoms with E-state index in [0.717, 1.165) is 18.4 Å². The van der Waals surface area contributed by atoms with Gasteiger partial charge in [-0.1, -0.05) is 30.7 Å². The van der Waals surface area contributed by atoms with E-state index in [-0.39, 0.29) is 22.9 Å². The Balaban J connectivity index is 1.82. The number of sulfonamides is 2. The Kier molecular flexibility index (Phi) is 9.54. The molecule has 1 fully saturated rings. The fraction of sp³-hybridized carbons (Fsp3) is 0.500. The van der Waals surface area contributed by atoms with Crippen molar-refractivity contribution < 1.29 is 21.6 Å².